The Morgan fingerprint density at radius 2 is 2.00 bits per heavy atom. The number of aromatic nitrogens is 2. The quantitative estimate of drug-likeness (QED) is 0.487. The molecule has 1 atom stereocenters. The highest BCUT2D eigenvalue weighted by Gasteiger charge is 2.30. The maximum atomic E-state index is 13.0. The lowest BCUT2D eigenvalue weighted by Gasteiger charge is -2.39. The average Bonchev–Trinajstić information content (AvgIpc) is 3.58. The minimum absolute atomic E-state index is 0.106. The third kappa shape index (κ3) is 5.66. The molecule has 5 rings (SSSR count). The maximum Gasteiger partial charge on any atom is 0.410 e. The summed E-state index contributed by atoms with van der Waals surface area (Å²) in [7, 11) is 1.75. The Morgan fingerprint density at radius 3 is 2.70 bits per heavy atom. The molecule has 4 heterocycles. The van der Waals surface area contributed by atoms with E-state index in [1.165, 1.54) is 12.8 Å². The van der Waals surface area contributed by atoms with E-state index in [-0.39, 0.29) is 17.7 Å². The molecule has 2 aliphatic rings. The summed E-state index contributed by atoms with van der Waals surface area (Å²) >= 11 is 0. The Kier molecular flexibility index (Phi) is 6.74. The molecule has 2 fully saturated rings. The van der Waals surface area contributed by atoms with Crippen molar-refractivity contribution in [1.82, 2.24) is 19.4 Å². The molecule has 198 valence electrons. The molecular weight excluding hydrogens is 472 g/mol. The number of nitrogens with zero attached hydrogens (tertiary/aromatic N) is 4. The van der Waals surface area contributed by atoms with Crippen LogP contribution < -0.4 is 10.3 Å². The molecule has 1 amide bonds. The van der Waals surface area contributed by atoms with Crippen LogP contribution in [0.25, 0.3) is 22.1 Å². The Labute approximate surface area is 217 Å². The molecule has 1 aliphatic carbocycles. The fourth-order valence-corrected chi connectivity index (χ4v) is 4.70. The first-order chi connectivity index (χ1) is 17.6. The van der Waals surface area contributed by atoms with Crippen LogP contribution in [0.2, 0.25) is 0 Å². The first kappa shape index (κ1) is 25.3. The van der Waals surface area contributed by atoms with Crippen molar-refractivity contribution in [3.63, 3.8) is 0 Å². The molecule has 0 N–H and O–H groups in total. The van der Waals surface area contributed by atoms with E-state index in [1.807, 2.05) is 32.9 Å². The molecule has 1 saturated carbocycles. The van der Waals surface area contributed by atoms with Crippen molar-refractivity contribution in [2.45, 2.75) is 58.7 Å². The van der Waals surface area contributed by atoms with E-state index in [0.29, 0.717) is 61.2 Å². The molecule has 3 aromatic rings. The average molecular weight is 509 g/mol. The highest BCUT2D eigenvalue weighted by atomic mass is 16.6. The normalized spacial score (nSPS) is 18.8. The number of rotatable bonds is 6. The second-order valence-corrected chi connectivity index (χ2v) is 11.3. The lowest BCUT2D eigenvalue weighted by Crippen LogP contribution is -2.54. The molecule has 1 unspecified atom stereocenters. The summed E-state index contributed by atoms with van der Waals surface area (Å²) in [6.07, 6.45) is 7.38. The first-order valence-electron chi connectivity index (χ1n) is 13.0. The lowest BCUT2D eigenvalue weighted by molar-refractivity contribution is 0.00382. The summed E-state index contributed by atoms with van der Waals surface area (Å²) in [4.78, 5) is 33.8. The lowest BCUT2D eigenvalue weighted by atomic mass is 10.1. The molecule has 0 aromatic carbocycles. The van der Waals surface area contributed by atoms with Gasteiger partial charge >= 0.3 is 6.09 Å². The topological polar surface area (TPSA) is 90.0 Å². The largest absolute Gasteiger partial charge is 0.491 e. The molecule has 37 heavy (non-hydrogen) atoms. The van der Waals surface area contributed by atoms with Crippen molar-refractivity contribution in [2.75, 3.05) is 26.2 Å². The zero-order chi connectivity index (χ0) is 26.3. The van der Waals surface area contributed by atoms with Crippen LogP contribution in [0.5, 0.6) is 5.75 Å². The summed E-state index contributed by atoms with van der Waals surface area (Å²) in [5.74, 6) is 2.02. The molecule has 0 radical (unpaired) electrons. The van der Waals surface area contributed by atoms with Crippen molar-refractivity contribution < 1.29 is 18.7 Å². The zero-order valence-corrected chi connectivity index (χ0v) is 22.3. The standard InChI is InChI=1S/C28H36N4O5/c1-18-14-32(27(34)37-28(2,3)4)11-10-31(18)15-20-12-22-25(36-20)23(16-30(5)26(22)33)21-8-9-29-13-24(21)35-17-19-6-7-19/h8-9,12-13,16,18-19H,6-7,10-11,14-15,17H2,1-5H3. The fourth-order valence-electron chi connectivity index (χ4n) is 4.70. The molecule has 0 spiro atoms. The van der Waals surface area contributed by atoms with Crippen molar-refractivity contribution in [1.29, 1.82) is 0 Å². The predicted molar refractivity (Wildman–Crippen MR) is 141 cm³/mol. The Hall–Kier alpha value is -3.33. The maximum absolute atomic E-state index is 13.0. The zero-order valence-electron chi connectivity index (χ0n) is 22.3. The first-order valence-corrected chi connectivity index (χ1v) is 13.0. The molecule has 9 heteroatoms. The number of carbonyl (C=O) groups excluding carboxylic acids is 1. The van der Waals surface area contributed by atoms with E-state index in [2.05, 4.69) is 16.8 Å². The minimum Gasteiger partial charge on any atom is -0.491 e. The number of carbonyl (C=O) groups is 1. The van der Waals surface area contributed by atoms with Gasteiger partial charge in [-0.2, -0.15) is 0 Å². The number of fused-ring (bicyclic) bond motifs is 1. The summed E-state index contributed by atoms with van der Waals surface area (Å²) in [5, 5.41) is 0.542. The van der Waals surface area contributed by atoms with E-state index in [9.17, 15) is 9.59 Å². The van der Waals surface area contributed by atoms with E-state index < -0.39 is 5.60 Å². The highest BCUT2D eigenvalue weighted by molar-refractivity contribution is 5.93. The van der Waals surface area contributed by atoms with E-state index in [4.69, 9.17) is 13.9 Å². The fraction of sp³-hybridized carbons (Fsp3) is 0.536. The number of pyridine rings is 2. The summed E-state index contributed by atoms with van der Waals surface area (Å²) in [5.41, 5.74) is 1.59. The van der Waals surface area contributed by atoms with Crippen LogP contribution in [-0.2, 0) is 18.3 Å². The monoisotopic (exact) mass is 508 g/mol. The highest BCUT2D eigenvalue weighted by Crippen LogP contribution is 2.37. The third-order valence-electron chi connectivity index (χ3n) is 6.92. The van der Waals surface area contributed by atoms with Gasteiger partial charge in [-0.1, -0.05) is 0 Å². The number of amides is 1. The summed E-state index contributed by atoms with van der Waals surface area (Å²) < 4.78 is 19.6. The van der Waals surface area contributed by atoms with Crippen molar-refractivity contribution in [3.05, 3.63) is 46.8 Å². The number of hydrogen-bond donors (Lipinski definition) is 0. The number of ether oxygens (including phenoxy) is 2. The van der Waals surface area contributed by atoms with Gasteiger partial charge in [-0.05, 0) is 58.6 Å². The SMILES string of the molecule is CC1CN(C(=O)OC(C)(C)C)CCN1Cc1cc2c(=O)n(C)cc(-c3ccncc3OCC3CC3)c2o1. The van der Waals surface area contributed by atoms with Gasteiger partial charge < -0.3 is 23.4 Å². The van der Waals surface area contributed by atoms with Gasteiger partial charge in [0.1, 0.15) is 22.7 Å². The van der Waals surface area contributed by atoms with E-state index in [1.54, 1.807) is 35.1 Å². The van der Waals surface area contributed by atoms with E-state index >= 15 is 0 Å². The second kappa shape index (κ2) is 9.85. The number of hydrogen-bond acceptors (Lipinski definition) is 7. The van der Waals surface area contributed by atoms with Gasteiger partial charge in [0.05, 0.1) is 24.7 Å². The molecule has 9 nitrogen and oxygen atoms in total. The smallest absolute Gasteiger partial charge is 0.410 e. The van der Waals surface area contributed by atoms with Crippen LogP contribution >= 0.6 is 0 Å². The molecule has 3 aromatic heterocycles. The van der Waals surface area contributed by atoms with Gasteiger partial charge in [0.2, 0.25) is 0 Å². The molecule has 0 bridgehead atoms. The second-order valence-electron chi connectivity index (χ2n) is 11.3. The molecule has 1 aliphatic heterocycles. The molecular formula is C28H36N4O5. The van der Waals surface area contributed by atoms with Gasteiger partial charge in [0.15, 0.2) is 0 Å². The Bertz CT molecular complexity index is 1350. The van der Waals surface area contributed by atoms with Crippen molar-refractivity contribution in [2.24, 2.45) is 13.0 Å². The van der Waals surface area contributed by atoms with Gasteiger partial charge in [-0.25, -0.2) is 4.79 Å². The number of piperazine rings is 1. The van der Waals surface area contributed by atoms with Gasteiger partial charge in [-0.15, -0.1) is 0 Å². The Morgan fingerprint density at radius 1 is 1.22 bits per heavy atom. The van der Waals surface area contributed by atoms with Crippen LogP contribution in [0.1, 0.15) is 46.3 Å². The van der Waals surface area contributed by atoms with Crippen LogP contribution in [-0.4, -0.2) is 63.3 Å². The van der Waals surface area contributed by atoms with Gasteiger partial charge in [-0.3, -0.25) is 14.7 Å². The van der Waals surface area contributed by atoms with Crippen LogP contribution in [0.15, 0.2) is 39.9 Å². The number of aryl methyl sites for hydroxylation is 1. The van der Waals surface area contributed by atoms with Crippen LogP contribution in [0.4, 0.5) is 4.79 Å². The third-order valence-corrected chi connectivity index (χ3v) is 6.92. The van der Waals surface area contributed by atoms with E-state index in [0.717, 1.165) is 11.1 Å². The summed E-state index contributed by atoms with van der Waals surface area (Å²) in [6, 6.07) is 3.86. The van der Waals surface area contributed by atoms with Crippen LogP contribution in [0, 0.1) is 5.92 Å². The summed E-state index contributed by atoms with van der Waals surface area (Å²) in [6.45, 7) is 10.8. The van der Waals surface area contributed by atoms with Gasteiger partial charge in [0.25, 0.3) is 5.56 Å². The van der Waals surface area contributed by atoms with Gasteiger partial charge in [0, 0.05) is 56.2 Å². The molecule has 1 saturated heterocycles. The van der Waals surface area contributed by atoms with Crippen molar-refractivity contribution in [3.8, 4) is 16.9 Å². The minimum atomic E-state index is -0.521. The van der Waals surface area contributed by atoms with Crippen molar-refractivity contribution >= 4 is 17.1 Å². The predicted octanol–water partition coefficient (Wildman–Crippen LogP) is 4.42. The Balaban J connectivity index is 1.38. The number of furan rings is 1. The van der Waals surface area contributed by atoms with Crippen LogP contribution in [0.3, 0.4) is 0 Å².